The largest absolute Gasteiger partial charge is 0.308 e. The summed E-state index contributed by atoms with van der Waals surface area (Å²) in [5.74, 6) is 0.342. The lowest BCUT2D eigenvalue weighted by molar-refractivity contribution is 0.462. The van der Waals surface area contributed by atoms with Gasteiger partial charge in [0.15, 0.2) is 0 Å². The predicted octanol–water partition coefficient (Wildman–Crippen LogP) is 0.376. The first-order chi connectivity index (χ1) is 7.88. The smallest absolute Gasteiger partial charge is 0.268 e. The second-order valence-electron chi connectivity index (χ2n) is 3.67. The molecule has 92 valence electrons. The molecule has 0 aliphatic heterocycles. The highest BCUT2D eigenvalue weighted by Gasteiger charge is 2.13. The molecule has 1 N–H and O–H groups in total. The van der Waals surface area contributed by atoms with Crippen LogP contribution in [-0.4, -0.2) is 36.0 Å². The van der Waals surface area contributed by atoms with E-state index in [1.807, 2.05) is 0 Å². The van der Waals surface area contributed by atoms with Crippen LogP contribution in [0, 0.1) is 0 Å². The molecule has 2 heterocycles. The Hall–Kier alpha value is -1.25. The van der Waals surface area contributed by atoms with E-state index in [2.05, 4.69) is 9.97 Å². The number of aromatic amines is 1. The van der Waals surface area contributed by atoms with Crippen molar-refractivity contribution >= 4 is 31.6 Å². The molecule has 2 aromatic rings. The Labute approximate surface area is 102 Å². The lowest BCUT2D eigenvalue weighted by Crippen LogP contribution is -2.27. The van der Waals surface area contributed by atoms with Crippen molar-refractivity contribution in [2.24, 2.45) is 0 Å². The van der Waals surface area contributed by atoms with Gasteiger partial charge in [-0.05, 0) is 11.4 Å². The van der Waals surface area contributed by atoms with Gasteiger partial charge in [-0.2, -0.15) is 4.31 Å². The first-order valence-electron chi connectivity index (χ1n) is 4.75. The summed E-state index contributed by atoms with van der Waals surface area (Å²) in [5, 5.41) is 1.77. The van der Waals surface area contributed by atoms with E-state index in [1.165, 1.54) is 18.4 Å². The molecule has 0 radical (unpaired) electrons. The highest BCUT2D eigenvalue weighted by molar-refractivity contribution is 7.88. The van der Waals surface area contributed by atoms with Crippen LogP contribution >= 0.6 is 11.3 Å². The van der Waals surface area contributed by atoms with Crippen molar-refractivity contribution in [2.75, 3.05) is 13.3 Å². The monoisotopic (exact) mass is 273 g/mol. The minimum absolute atomic E-state index is 0.0554. The summed E-state index contributed by atoms with van der Waals surface area (Å²) in [6.45, 7) is 0.0554. The highest BCUT2D eigenvalue weighted by atomic mass is 32.2. The maximum absolute atomic E-state index is 11.6. The number of fused-ring (bicyclic) bond motifs is 1. The van der Waals surface area contributed by atoms with Crippen LogP contribution in [0.4, 0.5) is 0 Å². The van der Waals surface area contributed by atoms with Crippen LogP contribution in [0.1, 0.15) is 5.82 Å². The molecule has 0 spiro atoms. The zero-order chi connectivity index (χ0) is 12.6. The van der Waals surface area contributed by atoms with E-state index in [9.17, 15) is 13.2 Å². The summed E-state index contributed by atoms with van der Waals surface area (Å²) in [5.41, 5.74) is 0.359. The van der Waals surface area contributed by atoms with E-state index in [-0.39, 0.29) is 12.1 Å². The van der Waals surface area contributed by atoms with Crippen molar-refractivity contribution in [1.82, 2.24) is 14.3 Å². The molecule has 6 nitrogen and oxygen atoms in total. The fourth-order valence-corrected chi connectivity index (χ4v) is 2.41. The highest BCUT2D eigenvalue weighted by Crippen LogP contribution is 2.14. The standard InChI is InChI=1S/C9H11N3O3S2/c1-12(17(2,14)15)5-7-10-6-3-4-16-8(6)9(13)11-7/h3-4H,5H2,1-2H3,(H,10,11,13). The molecule has 2 rings (SSSR count). The fraction of sp³-hybridized carbons (Fsp3) is 0.333. The number of sulfonamides is 1. The number of hydrogen-bond donors (Lipinski definition) is 1. The molecule has 0 aliphatic carbocycles. The molecule has 0 amide bonds. The normalized spacial score (nSPS) is 12.4. The van der Waals surface area contributed by atoms with Crippen LogP contribution < -0.4 is 5.56 Å². The third-order valence-corrected chi connectivity index (χ3v) is 4.47. The first kappa shape index (κ1) is 12.2. The number of nitrogens with one attached hydrogen (secondary N) is 1. The van der Waals surface area contributed by atoms with Crippen molar-refractivity contribution in [1.29, 1.82) is 0 Å². The maximum atomic E-state index is 11.6. The van der Waals surface area contributed by atoms with Crippen molar-refractivity contribution < 1.29 is 8.42 Å². The summed E-state index contributed by atoms with van der Waals surface area (Å²) in [6, 6.07) is 1.74. The summed E-state index contributed by atoms with van der Waals surface area (Å²) in [6.07, 6.45) is 1.11. The topological polar surface area (TPSA) is 83.1 Å². The average molecular weight is 273 g/mol. The maximum Gasteiger partial charge on any atom is 0.268 e. The summed E-state index contributed by atoms with van der Waals surface area (Å²) < 4.78 is 24.2. The third-order valence-electron chi connectivity index (χ3n) is 2.30. The Morgan fingerprint density at radius 3 is 2.88 bits per heavy atom. The van der Waals surface area contributed by atoms with Crippen molar-refractivity contribution in [3.63, 3.8) is 0 Å². The molecule has 0 aliphatic rings. The summed E-state index contributed by atoms with van der Waals surface area (Å²) >= 11 is 1.31. The van der Waals surface area contributed by atoms with Gasteiger partial charge in [-0.3, -0.25) is 4.79 Å². The molecule has 0 atom stereocenters. The van der Waals surface area contributed by atoms with E-state index < -0.39 is 10.0 Å². The SMILES string of the molecule is CN(Cc1nc2ccsc2c(=O)[nH]1)S(C)(=O)=O. The van der Waals surface area contributed by atoms with Crippen LogP contribution in [-0.2, 0) is 16.6 Å². The molecule has 0 bridgehead atoms. The van der Waals surface area contributed by atoms with Crippen LogP contribution in [0.25, 0.3) is 10.2 Å². The molecule has 0 saturated carbocycles. The summed E-state index contributed by atoms with van der Waals surface area (Å²) in [7, 11) is -1.84. The van der Waals surface area contributed by atoms with E-state index >= 15 is 0 Å². The lowest BCUT2D eigenvalue weighted by atomic mass is 10.4. The van der Waals surface area contributed by atoms with Crippen molar-refractivity contribution in [3.8, 4) is 0 Å². The quantitative estimate of drug-likeness (QED) is 0.876. The van der Waals surface area contributed by atoms with Gasteiger partial charge in [-0.25, -0.2) is 13.4 Å². The van der Waals surface area contributed by atoms with Crippen LogP contribution in [0.15, 0.2) is 16.2 Å². The van der Waals surface area contributed by atoms with E-state index in [1.54, 1.807) is 11.4 Å². The molecular weight excluding hydrogens is 262 g/mol. The molecule has 0 unspecified atom stereocenters. The summed E-state index contributed by atoms with van der Waals surface area (Å²) in [4.78, 5) is 18.4. The number of nitrogens with zero attached hydrogens (tertiary/aromatic N) is 2. The zero-order valence-corrected chi connectivity index (χ0v) is 10.9. The molecule has 0 fully saturated rings. The van der Waals surface area contributed by atoms with Gasteiger partial charge >= 0.3 is 0 Å². The predicted molar refractivity (Wildman–Crippen MR) is 66.6 cm³/mol. The molecular formula is C9H11N3O3S2. The number of aromatic nitrogens is 2. The van der Waals surface area contributed by atoms with E-state index in [4.69, 9.17) is 0 Å². The second kappa shape index (κ2) is 4.21. The zero-order valence-electron chi connectivity index (χ0n) is 9.30. The molecule has 17 heavy (non-hydrogen) atoms. The van der Waals surface area contributed by atoms with Crippen molar-refractivity contribution in [3.05, 3.63) is 27.6 Å². The van der Waals surface area contributed by atoms with Gasteiger partial charge in [-0.15, -0.1) is 11.3 Å². The van der Waals surface area contributed by atoms with E-state index in [0.29, 0.717) is 16.0 Å². The Morgan fingerprint density at radius 1 is 1.53 bits per heavy atom. The van der Waals surface area contributed by atoms with Gasteiger partial charge in [0.2, 0.25) is 10.0 Å². The van der Waals surface area contributed by atoms with E-state index in [0.717, 1.165) is 10.6 Å². The lowest BCUT2D eigenvalue weighted by Gasteiger charge is -2.12. The van der Waals surface area contributed by atoms with Gasteiger partial charge in [0.25, 0.3) is 5.56 Å². The third kappa shape index (κ3) is 2.54. The molecule has 0 aromatic carbocycles. The van der Waals surface area contributed by atoms with Gasteiger partial charge in [0, 0.05) is 7.05 Å². The number of rotatable bonds is 3. The van der Waals surface area contributed by atoms with Gasteiger partial charge in [0.05, 0.1) is 18.3 Å². The molecule has 2 aromatic heterocycles. The van der Waals surface area contributed by atoms with Gasteiger partial charge in [0.1, 0.15) is 10.5 Å². The minimum atomic E-state index is -3.28. The molecule has 8 heteroatoms. The number of hydrogen-bond acceptors (Lipinski definition) is 5. The average Bonchev–Trinajstić information content (AvgIpc) is 2.64. The van der Waals surface area contributed by atoms with Crippen molar-refractivity contribution in [2.45, 2.75) is 6.54 Å². The van der Waals surface area contributed by atoms with Gasteiger partial charge < -0.3 is 4.98 Å². The second-order valence-corrected chi connectivity index (χ2v) is 6.67. The Kier molecular flexibility index (Phi) is 3.02. The number of H-pyrrole nitrogens is 1. The van der Waals surface area contributed by atoms with Crippen LogP contribution in [0.2, 0.25) is 0 Å². The van der Waals surface area contributed by atoms with Crippen LogP contribution in [0.5, 0.6) is 0 Å². The Morgan fingerprint density at radius 2 is 2.24 bits per heavy atom. The Bertz CT molecular complexity index is 702. The number of thiophene rings is 1. The van der Waals surface area contributed by atoms with Crippen LogP contribution in [0.3, 0.4) is 0 Å². The first-order valence-corrected chi connectivity index (χ1v) is 7.48. The Balaban J connectivity index is 2.40. The van der Waals surface area contributed by atoms with Gasteiger partial charge in [-0.1, -0.05) is 0 Å². The molecule has 0 saturated heterocycles. The minimum Gasteiger partial charge on any atom is -0.308 e. The fourth-order valence-electron chi connectivity index (χ4n) is 1.32.